The molecule has 4 N–H and O–H groups in total. The Morgan fingerprint density at radius 1 is 1.53 bits per heavy atom. The number of phenols is 1. The molecule has 1 aromatic carbocycles. The first-order valence-electron chi connectivity index (χ1n) is 4.04. The molecule has 0 aliphatic carbocycles. The maximum absolute atomic E-state index is 13.0. The second kappa shape index (κ2) is 4.22. The maximum Gasteiger partial charge on any atom is 0.335 e. The molecule has 0 heterocycles. The van der Waals surface area contributed by atoms with Gasteiger partial charge >= 0.3 is 5.97 Å². The molecule has 6 heteroatoms. The molecule has 0 amide bonds. The molecule has 0 saturated heterocycles. The SMILES string of the molecule is N[C@@H](CF)c1cc(C(=O)O)cc(F)c1O. The van der Waals surface area contributed by atoms with E-state index in [2.05, 4.69) is 0 Å². The minimum Gasteiger partial charge on any atom is -0.505 e. The van der Waals surface area contributed by atoms with Crippen molar-refractivity contribution in [3.8, 4) is 5.75 Å². The topological polar surface area (TPSA) is 83.6 Å². The van der Waals surface area contributed by atoms with E-state index in [9.17, 15) is 18.7 Å². The molecule has 0 bridgehead atoms. The van der Waals surface area contributed by atoms with Crippen LogP contribution < -0.4 is 5.73 Å². The van der Waals surface area contributed by atoms with Crippen LogP contribution in [0.2, 0.25) is 0 Å². The first-order valence-corrected chi connectivity index (χ1v) is 4.04. The Hall–Kier alpha value is -1.69. The molecule has 0 fully saturated rings. The number of nitrogens with two attached hydrogens (primary N) is 1. The van der Waals surface area contributed by atoms with Gasteiger partial charge in [-0.1, -0.05) is 0 Å². The molecule has 15 heavy (non-hydrogen) atoms. The minimum atomic E-state index is -1.37. The summed E-state index contributed by atoms with van der Waals surface area (Å²) >= 11 is 0. The van der Waals surface area contributed by atoms with Crippen LogP contribution in [0.3, 0.4) is 0 Å². The van der Waals surface area contributed by atoms with Gasteiger partial charge in [0.25, 0.3) is 0 Å². The van der Waals surface area contributed by atoms with Gasteiger partial charge < -0.3 is 15.9 Å². The lowest BCUT2D eigenvalue weighted by Crippen LogP contribution is -2.14. The van der Waals surface area contributed by atoms with Crippen molar-refractivity contribution in [3.63, 3.8) is 0 Å². The van der Waals surface area contributed by atoms with Crippen molar-refractivity contribution in [2.75, 3.05) is 6.67 Å². The van der Waals surface area contributed by atoms with Crippen LogP contribution in [0.25, 0.3) is 0 Å². The smallest absolute Gasteiger partial charge is 0.335 e. The van der Waals surface area contributed by atoms with Gasteiger partial charge in [-0.05, 0) is 12.1 Å². The Balaban J connectivity index is 3.31. The zero-order valence-corrected chi connectivity index (χ0v) is 7.58. The number of hydrogen-bond acceptors (Lipinski definition) is 3. The standard InChI is InChI=1S/C9H9F2NO3/c10-3-7(12)5-1-4(9(14)15)2-6(11)8(5)13/h1-2,7,13H,3,12H2,(H,14,15)/t7-/m0/s1. The molecule has 1 atom stereocenters. The predicted molar refractivity (Wildman–Crippen MR) is 47.9 cm³/mol. The average Bonchev–Trinajstić information content (AvgIpc) is 2.20. The molecule has 0 spiro atoms. The first-order chi connectivity index (χ1) is 6.97. The summed E-state index contributed by atoms with van der Waals surface area (Å²) < 4.78 is 25.2. The Morgan fingerprint density at radius 2 is 2.13 bits per heavy atom. The van der Waals surface area contributed by atoms with Crippen LogP contribution in [0, 0.1) is 5.82 Å². The van der Waals surface area contributed by atoms with Crippen LogP contribution in [-0.2, 0) is 0 Å². The molecule has 0 saturated carbocycles. The number of carboxylic acids is 1. The summed E-state index contributed by atoms with van der Waals surface area (Å²) in [4.78, 5) is 10.5. The monoisotopic (exact) mass is 217 g/mol. The third-order valence-electron chi connectivity index (χ3n) is 1.91. The van der Waals surface area contributed by atoms with Gasteiger partial charge in [-0.25, -0.2) is 13.6 Å². The van der Waals surface area contributed by atoms with E-state index in [1.54, 1.807) is 0 Å². The van der Waals surface area contributed by atoms with Crippen LogP contribution in [0.15, 0.2) is 12.1 Å². The number of carboxylic acid groups (broad SMARTS) is 1. The fraction of sp³-hybridized carbons (Fsp3) is 0.222. The molecule has 0 radical (unpaired) electrons. The summed E-state index contributed by atoms with van der Waals surface area (Å²) in [6, 6.07) is 0.357. The number of benzene rings is 1. The van der Waals surface area contributed by atoms with Crippen molar-refractivity contribution < 1.29 is 23.8 Å². The molecule has 82 valence electrons. The van der Waals surface area contributed by atoms with E-state index in [0.29, 0.717) is 6.07 Å². The largest absolute Gasteiger partial charge is 0.505 e. The van der Waals surface area contributed by atoms with E-state index >= 15 is 0 Å². The lowest BCUT2D eigenvalue weighted by molar-refractivity contribution is 0.0696. The number of phenolic OH excluding ortho intramolecular Hbond substituents is 1. The molecule has 4 nitrogen and oxygen atoms in total. The number of aromatic hydroxyl groups is 1. The summed E-state index contributed by atoms with van der Waals surface area (Å²) in [5.74, 6) is -3.32. The second-order valence-electron chi connectivity index (χ2n) is 2.96. The molecule has 0 aliphatic heterocycles. The summed E-state index contributed by atoms with van der Waals surface area (Å²) in [6.07, 6.45) is 0. The van der Waals surface area contributed by atoms with E-state index in [1.807, 2.05) is 0 Å². The second-order valence-corrected chi connectivity index (χ2v) is 2.96. The molecule has 0 aliphatic rings. The summed E-state index contributed by atoms with van der Waals surface area (Å²) in [7, 11) is 0. The quantitative estimate of drug-likeness (QED) is 0.710. The number of carbonyl (C=O) groups is 1. The lowest BCUT2D eigenvalue weighted by Gasteiger charge is -2.11. The van der Waals surface area contributed by atoms with Gasteiger partial charge in [-0.15, -0.1) is 0 Å². The van der Waals surface area contributed by atoms with Gasteiger partial charge in [-0.2, -0.15) is 0 Å². The van der Waals surface area contributed by atoms with Crippen molar-refractivity contribution in [2.24, 2.45) is 5.73 Å². The normalized spacial score (nSPS) is 12.5. The zero-order valence-electron chi connectivity index (χ0n) is 7.58. The average molecular weight is 217 g/mol. The summed E-state index contributed by atoms with van der Waals surface area (Å²) in [6.45, 7) is -1.02. The zero-order chi connectivity index (χ0) is 11.6. The molecule has 0 unspecified atom stereocenters. The van der Waals surface area contributed by atoms with Crippen molar-refractivity contribution in [2.45, 2.75) is 6.04 Å². The number of hydrogen-bond donors (Lipinski definition) is 3. The Kier molecular flexibility index (Phi) is 3.21. The van der Waals surface area contributed by atoms with Gasteiger partial charge in [-0.3, -0.25) is 0 Å². The number of alkyl halides is 1. The van der Waals surface area contributed by atoms with Crippen molar-refractivity contribution >= 4 is 5.97 Å². The Bertz CT molecular complexity index is 395. The number of halogens is 2. The van der Waals surface area contributed by atoms with Gasteiger partial charge in [0.1, 0.15) is 6.67 Å². The Morgan fingerprint density at radius 3 is 2.60 bits per heavy atom. The van der Waals surface area contributed by atoms with Gasteiger partial charge in [0.05, 0.1) is 11.6 Å². The molecule has 1 rings (SSSR count). The third-order valence-corrected chi connectivity index (χ3v) is 1.91. The number of aromatic carboxylic acids is 1. The van der Waals surface area contributed by atoms with E-state index in [-0.39, 0.29) is 11.1 Å². The van der Waals surface area contributed by atoms with E-state index < -0.39 is 30.3 Å². The number of rotatable bonds is 3. The first kappa shape index (κ1) is 11.4. The highest BCUT2D eigenvalue weighted by Gasteiger charge is 2.18. The van der Waals surface area contributed by atoms with E-state index in [0.717, 1.165) is 6.07 Å². The fourth-order valence-corrected chi connectivity index (χ4v) is 1.11. The molecular weight excluding hydrogens is 208 g/mol. The highest BCUT2D eigenvalue weighted by Crippen LogP contribution is 2.27. The molecule has 0 aromatic heterocycles. The van der Waals surface area contributed by atoms with E-state index in [4.69, 9.17) is 10.8 Å². The van der Waals surface area contributed by atoms with Crippen LogP contribution in [-0.4, -0.2) is 22.9 Å². The predicted octanol–water partition coefficient (Wildman–Crippen LogP) is 1.20. The van der Waals surface area contributed by atoms with E-state index in [1.165, 1.54) is 0 Å². The van der Waals surface area contributed by atoms with Gasteiger partial charge in [0, 0.05) is 5.56 Å². The highest BCUT2D eigenvalue weighted by atomic mass is 19.1. The highest BCUT2D eigenvalue weighted by molar-refractivity contribution is 5.88. The molecular formula is C9H9F2NO3. The van der Waals surface area contributed by atoms with Crippen LogP contribution in [0.1, 0.15) is 22.0 Å². The van der Waals surface area contributed by atoms with Crippen LogP contribution in [0.4, 0.5) is 8.78 Å². The third kappa shape index (κ3) is 2.21. The van der Waals surface area contributed by atoms with Crippen LogP contribution >= 0.6 is 0 Å². The minimum absolute atomic E-state index is 0.255. The molecule has 1 aromatic rings. The van der Waals surface area contributed by atoms with Crippen LogP contribution in [0.5, 0.6) is 5.75 Å². The van der Waals surface area contributed by atoms with Crippen molar-refractivity contribution in [1.82, 2.24) is 0 Å². The summed E-state index contributed by atoms with van der Waals surface area (Å²) in [5.41, 5.74) is 4.60. The maximum atomic E-state index is 13.0. The van der Waals surface area contributed by atoms with Gasteiger partial charge in [0.2, 0.25) is 0 Å². The van der Waals surface area contributed by atoms with Gasteiger partial charge in [0.15, 0.2) is 11.6 Å². The fourth-order valence-electron chi connectivity index (χ4n) is 1.11. The summed E-state index contributed by atoms with van der Waals surface area (Å²) in [5, 5.41) is 17.8. The van der Waals surface area contributed by atoms with Crippen molar-refractivity contribution in [3.05, 3.63) is 29.1 Å². The van der Waals surface area contributed by atoms with Crippen molar-refractivity contribution in [1.29, 1.82) is 0 Å². The lowest BCUT2D eigenvalue weighted by atomic mass is 10.0. The Labute approximate surface area is 83.9 Å².